The monoisotopic (exact) mass is 1310 g/mol. The van der Waals surface area contributed by atoms with Gasteiger partial charge < -0.3 is 19.1 Å². The Labute approximate surface area is 574 Å². The summed E-state index contributed by atoms with van der Waals surface area (Å²) in [5.41, 5.74) is 31.2. The van der Waals surface area contributed by atoms with Crippen LogP contribution in [0, 0.1) is 0 Å². The maximum absolute atomic E-state index is 6.66. The average molecular weight is 1320 g/mol. The van der Waals surface area contributed by atoms with Gasteiger partial charge in [0.2, 0.25) is 0 Å². The maximum Gasteiger partial charge on any atom is 0.159 e. The minimum Gasteiger partial charge on any atom is -0.454 e. The number of rotatable bonds is 5. The van der Waals surface area contributed by atoms with Crippen LogP contribution in [0.25, 0.3) is 110 Å². The standard InChI is InChI=1S/C46H35NO.C28H23Br.C18H13NO/c1-45(2)36-22-12-10-17-29(36)34-25-38-35(26-37(34)45)43-32-20-9-8-18-30(32)41(27-39(43)46(38,3)4)47(28-15-6-5-7-16-28)40-23-14-21-33-31-19-11-13-24-42(31)48-44(33)40;1-27(2)21-12-8-7-9-16(21)19-13-23-20(14-22(19)27)26-18-11-6-5-10-17(18)25(29)15-24(26)28(23,3)4;1-2-7-13(8-3-1)19-16-11-6-10-15-14-9-4-5-12-17(14)20-18(15)16/h5-27H,1-4H3;5-15H,1-4H3;1-12,19H. The summed E-state index contributed by atoms with van der Waals surface area (Å²) in [7, 11) is 0. The van der Waals surface area contributed by atoms with Crippen LogP contribution in [0.3, 0.4) is 0 Å². The lowest BCUT2D eigenvalue weighted by Crippen LogP contribution is -2.18. The summed E-state index contributed by atoms with van der Waals surface area (Å²) in [6, 6.07) is 101. The molecular weight excluding hydrogens is 1240 g/mol. The zero-order valence-electron chi connectivity index (χ0n) is 55.7. The van der Waals surface area contributed by atoms with Gasteiger partial charge in [-0.05, 0) is 190 Å². The van der Waals surface area contributed by atoms with E-state index in [1.54, 1.807) is 0 Å². The largest absolute Gasteiger partial charge is 0.454 e. The van der Waals surface area contributed by atoms with Crippen LogP contribution in [0.1, 0.15) is 99.9 Å². The van der Waals surface area contributed by atoms with E-state index in [1.807, 2.05) is 60.7 Å². The molecule has 0 aliphatic heterocycles. The molecule has 0 unspecified atom stereocenters. The van der Waals surface area contributed by atoms with Gasteiger partial charge in [0.25, 0.3) is 0 Å². The van der Waals surface area contributed by atoms with Crippen molar-refractivity contribution in [3.05, 3.63) is 328 Å². The van der Waals surface area contributed by atoms with Crippen molar-refractivity contribution in [1.82, 2.24) is 0 Å². The van der Waals surface area contributed by atoms with Crippen LogP contribution in [0.4, 0.5) is 28.4 Å². The molecule has 16 aromatic rings. The molecule has 5 heteroatoms. The Morgan fingerprint density at radius 1 is 0.289 bits per heavy atom. The Morgan fingerprint density at radius 2 is 0.691 bits per heavy atom. The molecule has 1 N–H and O–H groups in total. The van der Waals surface area contributed by atoms with Gasteiger partial charge in [0.15, 0.2) is 11.2 Å². The normalized spacial score (nSPS) is 14.8. The van der Waals surface area contributed by atoms with Gasteiger partial charge in [0, 0.05) is 64.4 Å². The van der Waals surface area contributed by atoms with Crippen LogP contribution in [-0.4, -0.2) is 0 Å². The zero-order chi connectivity index (χ0) is 65.9. The van der Waals surface area contributed by atoms with E-state index < -0.39 is 0 Å². The van der Waals surface area contributed by atoms with E-state index in [-0.39, 0.29) is 21.7 Å². The Balaban J connectivity index is 0.000000118. The van der Waals surface area contributed by atoms with Crippen molar-refractivity contribution in [3.8, 4) is 44.5 Å². The Morgan fingerprint density at radius 3 is 1.27 bits per heavy atom. The molecule has 0 saturated heterocycles. The van der Waals surface area contributed by atoms with E-state index in [0.717, 1.165) is 72.3 Å². The van der Waals surface area contributed by atoms with Gasteiger partial charge in [-0.15, -0.1) is 0 Å². The average Bonchev–Trinajstić information content (AvgIpc) is 1.55. The maximum atomic E-state index is 6.66. The molecule has 468 valence electrons. The topological polar surface area (TPSA) is 41.6 Å². The van der Waals surface area contributed by atoms with Crippen LogP contribution in [-0.2, 0) is 21.7 Å². The number of nitrogens with one attached hydrogen (secondary N) is 1. The molecule has 0 amide bonds. The molecule has 0 spiro atoms. The number of furan rings is 2. The van der Waals surface area contributed by atoms with Crippen molar-refractivity contribution < 1.29 is 8.83 Å². The van der Waals surface area contributed by atoms with E-state index in [2.05, 4.69) is 300 Å². The molecule has 4 aliphatic rings. The third-order valence-corrected chi connectivity index (χ3v) is 22.7. The second kappa shape index (κ2) is 21.6. The number of para-hydroxylation sites is 6. The molecule has 14 aromatic carbocycles. The summed E-state index contributed by atoms with van der Waals surface area (Å²) in [5.74, 6) is 0. The Hall–Kier alpha value is -10.7. The molecule has 4 aliphatic carbocycles. The quantitative estimate of drug-likeness (QED) is 0.186. The lowest BCUT2D eigenvalue weighted by molar-refractivity contribution is 0.652. The first-order chi connectivity index (χ1) is 47.1. The van der Waals surface area contributed by atoms with Crippen molar-refractivity contribution in [2.45, 2.75) is 77.0 Å². The summed E-state index contributed by atoms with van der Waals surface area (Å²) < 4.78 is 13.8. The minimum atomic E-state index is -0.201. The van der Waals surface area contributed by atoms with Gasteiger partial charge in [-0.25, -0.2) is 0 Å². The van der Waals surface area contributed by atoms with E-state index >= 15 is 0 Å². The molecule has 97 heavy (non-hydrogen) atoms. The Kier molecular flexibility index (Phi) is 13.1. The van der Waals surface area contributed by atoms with Gasteiger partial charge in [0.05, 0.1) is 17.1 Å². The van der Waals surface area contributed by atoms with E-state index in [1.165, 1.54) is 115 Å². The van der Waals surface area contributed by atoms with Crippen molar-refractivity contribution in [3.63, 3.8) is 0 Å². The highest BCUT2D eigenvalue weighted by atomic mass is 79.9. The van der Waals surface area contributed by atoms with Crippen molar-refractivity contribution in [2.24, 2.45) is 0 Å². The van der Waals surface area contributed by atoms with Crippen LogP contribution in [0.2, 0.25) is 0 Å². The molecule has 4 nitrogen and oxygen atoms in total. The van der Waals surface area contributed by atoms with Crippen molar-refractivity contribution >= 4 is 110 Å². The second-order valence-electron chi connectivity index (χ2n) is 28.9. The summed E-state index contributed by atoms with van der Waals surface area (Å²) in [6.07, 6.45) is 0. The number of fused-ring (bicyclic) bond motifs is 22. The molecule has 20 rings (SSSR count). The van der Waals surface area contributed by atoms with Gasteiger partial charge in [0.1, 0.15) is 11.2 Å². The van der Waals surface area contributed by atoms with Gasteiger partial charge in [-0.3, -0.25) is 0 Å². The highest BCUT2D eigenvalue weighted by Gasteiger charge is 2.45. The van der Waals surface area contributed by atoms with Crippen LogP contribution >= 0.6 is 15.9 Å². The molecule has 0 atom stereocenters. The fraction of sp³-hybridized carbons (Fsp3) is 0.130. The van der Waals surface area contributed by atoms with E-state index in [9.17, 15) is 0 Å². The lowest BCUT2D eigenvalue weighted by atomic mass is 9.79. The molecule has 2 heterocycles. The number of anilines is 5. The summed E-state index contributed by atoms with van der Waals surface area (Å²) >= 11 is 3.84. The number of halogens is 1. The van der Waals surface area contributed by atoms with Crippen LogP contribution in [0.15, 0.2) is 292 Å². The minimum absolute atomic E-state index is 0.0199. The second-order valence-corrected chi connectivity index (χ2v) is 29.7. The van der Waals surface area contributed by atoms with Crippen LogP contribution < -0.4 is 10.2 Å². The van der Waals surface area contributed by atoms with Gasteiger partial charge >= 0.3 is 0 Å². The number of hydrogen-bond acceptors (Lipinski definition) is 4. The molecular formula is C92H71BrN2O2. The fourth-order valence-corrected chi connectivity index (χ4v) is 17.7. The third kappa shape index (κ3) is 8.80. The number of nitrogens with zero attached hydrogens (tertiary/aromatic N) is 1. The molecule has 0 fully saturated rings. The first-order valence-electron chi connectivity index (χ1n) is 33.9. The fourth-order valence-electron chi connectivity index (χ4n) is 17.1. The van der Waals surface area contributed by atoms with Crippen molar-refractivity contribution in [2.75, 3.05) is 10.2 Å². The zero-order valence-corrected chi connectivity index (χ0v) is 57.3. The van der Waals surface area contributed by atoms with Gasteiger partial charge in [-0.1, -0.05) is 265 Å². The predicted octanol–water partition coefficient (Wildman–Crippen LogP) is 26.4. The number of benzene rings is 14. The molecule has 0 radical (unpaired) electrons. The third-order valence-electron chi connectivity index (χ3n) is 22.0. The summed E-state index contributed by atoms with van der Waals surface area (Å²) in [6.45, 7) is 19.0. The lowest BCUT2D eigenvalue weighted by Gasteiger charge is -2.29. The predicted molar refractivity (Wildman–Crippen MR) is 411 cm³/mol. The summed E-state index contributed by atoms with van der Waals surface area (Å²) in [4.78, 5) is 2.41. The van der Waals surface area contributed by atoms with Crippen molar-refractivity contribution in [1.29, 1.82) is 0 Å². The molecule has 2 aromatic heterocycles. The van der Waals surface area contributed by atoms with E-state index in [0.29, 0.717) is 0 Å². The van der Waals surface area contributed by atoms with Gasteiger partial charge in [-0.2, -0.15) is 0 Å². The molecule has 0 bridgehead atoms. The highest BCUT2D eigenvalue weighted by Crippen LogP contribution is 2.61. The van der Waals surface area contributed by atoms with E-state index in [4.69, 9.17) is 8.83 Å². The first-order valence-corrected chi connectivity index (χ1v) is 34.7. The Bertz CT molecular complexity index is 5940. The van der Waals surface area contributed by atoms with Crippen LogP contribution in [0.5, 0.6) is 0 Å². The summed E-state index contributed by atoms with van der Waals surface area (Å²) in [5, 5.41) is 13.1. The smallest absolute Gasteiger partial charge is 0.159 e. The molecule has 0 saturated carbocycles. The first kappa shape index (κ1) is 58.8. The highest BCUT2D eigenvalue weighted by molar-refractivity contribution is 9.10. The SMILES string of the molecule is CC1(C)c2ccccc2-c2cc3c(cc21)-c1c(cc(Br)c2ccccc12)C3(C)C.CC1(C)c2ccccc2-c2cc3c(cc21)-c1c(cc(N(c2ccccc2)c2cccc4c2oc2ccccc24)c2ccccc12)C3(C)C.c1ccc(Nc2cccc3c2oc2ccccc23)cc1. The number of hydrogen-bond donors (Lipinski definition) is 1.